The van der Waals surface area contributed by atoms with Crippen molar-refractivity contribution >= 4 is 0 Å². The molecule has 2 atom stereocenters. The second-order valence-corrected chi connectivity index (χ2v) is 8.50. The van der Waals surface area contributed by atoms with Crippen molar-refractivity contribution in [1.29, 1.82) is 0 Å². The van der Waals surface area contributed by atoms with Crippen LogP contribution in [-0.4, -0.2) is 25.9 Å². The second-order valence-electron chi connectivity index (χ2n) is 8.50. The van der Waals surface area contributed by atoms with Crippen molar-refractivity contribution < 1.29 is 9.47 Å². The monoisotopic (exact) mass is 381 g/mol. The number of ether oxygens (including phenoxy) is 2. The fourth-order valence-electron chi connectivity index (χ4n) is 4.39. The summed E-state index contributed by atoms with van der Waals surface area (Å²) in [6.07, 6.45) is 4.37. The summed E-state index contributed by atoms with van der Waals surface area (Å²) in [6.45, 7) is 9.41. The fraction of sp³-hybridized carbons (Fsp3) is 0.520. The van der Waals surface area contributed by atoms with Crippen LogP contribution in [-0.2, 0) is 16.7 Å². The molecule has 0 amide bonds. The van der Waals surface area contributed by atoms with Gasteiger partial charge in [0.05, 0.1) is 12.7 Å². The molecule has 1 aliphatic rings. The van der Waals surface area contributed by atoms with Crippen LogP contribution in [0, 0.1) is 6.92 Å². The molecular weight excluding hydrogens is 346 g/mol. The van der Waals surface area contributed by atoms with E-state index in [0.717, 1.165) is 51.1 Å². The van der Waals surface area contributed by atoms with E-state index in [1.54, 1.807) is 7.11 Å². The standard InChI is InChI=1S/C25H35NO2/c1-5-24(3)19-25(15-17-28-24,22-10-6-20(2)7-11-22)14-16-26-18-21-8-12-23(27-4)13-9-21/h6-13,26H,5,14-19H2,1-4H3/t24-,25-/m0/s1. The molecule has 1 fully saturated rings. The van der Waals surface area contributed by atoms with Gasteiger partial charge in [-0.05, 0) is 69.3 Å². The molecule has 1 N–H and O–H groups in total. The Hall–Kier alpha value is -1.84. The average Bonchev–Trinajstić information content (AvgIpc) is 2.72. The molecule has 0 spiro atoms. The van der Waals surface area contributed by atoms with Crippen molar-refractivity contribution in [3.63, 3.8) is 0 Å². The van der Waals surface area contributed by atoms with Gasteiger partial charge in [-0.2, -0.15) is 0 Å². The molecule has 1 saturated heterocycles. The molecule has 3 nitrogen and oxygen atoms in total. The van der Waals surface area contributed by atoms with Crippen LogP contribution in [0.15, 0.2) is 48.5 Å². The Bertz CT molecular complexity index is 740. The maximum Gasteiger partial charge on any atom is 0.118 e. The molecule has 0 unspecified atom stereocenters. The van der Waals surface area contributed by atoms with E-state index in [1.165, 1.54) is 16.7 Å². The Labute approximate surface area is 170 Å². The zero-order valence-corrected chi connectivity index (χ0v) is 17.9. The quantitative estimate of drug-likeness (QED) is 0.621. The molecule has 0 aromatic heterocycles. The lowest BCUT2D eigenvalue weighted by Crippen LogP contribution is -2.46. The average molecular weight is 382 g/mol. The summed E-state index contributed by atoms with van der Waals surface area (Å²) in [6, 6.07) is 17.5. The van der Waals surface area contributed by atoms with Crippen molar-refractivity contribution in [3.05, 3.63) is 65.2 Å². The third kappa shape index (κ3) is 4.95. The van der Waals surface area contributed by atoms with E-state index in [-0.39, 0.29) is 11.0 Å². The van der Waals surface area contributed by atoms with Gasteiger partial charge in [0.25, 0.3) is 0 Å². The predicted molar refractivity (Wildman–Crippen MR) is 116 cm³/mol. The third-order valence-corrected chi connectivity index (χ3v) is 6.42. The summed E-state index contributed by atoms with van der Waals surface area (Å²) in [5.74, 6) is 0.906. The highest BCUT2D eigenvalue weighted by atomic mass is 16.5. The summed E-state index contributed by atoms with van der Waals surface area (Å²) < 4.78 is 11.4. The molecular formula is C25H35NO2. The molecule has 0 aliphatic carbocycles. The fourth-order valence-corrected chi connectivity index (χ4v) is 4.39. The lowest BCUT2D eigenvalue weighted by Gasteiger charge is -2.47. The van der Waals surface area contributed by atoms with Crippen LogP contribution in [0.2, 0.25) is 0 Å². The molecule has 3 rings (SSSR count). The van der Waals surface area contributed by atoms with E-state index in [1.807, 2.05) is 12.1 Å². The van der Waals surface area contributed by atoms with Gasteiger partial charge in [0.1, 0.15) is 5.75 Å². The van der Waals surface area contributed by atoms with Gasteiger partial charge in [-0.15, -0.1) is 0 Å². The van der Waals surface area contributed by atoms with Crippen LogP contribution in [0.25, 0.3) is 0 Å². The SMILES string of the molecule is CC[C@@]1(C)C[C@@](CCNCc2ccc(OC)cc2)(c2ccc(C)cc2)CCO1. The number of hydrogen-bond donors (Lipinski definition) is 1. The van der Waals surface area contributed by atoms with E-state index in [0.29, 0.717) is 0 Å². The normalized spacial score (nSPS) is 24.9. The lowest BCUT2D eigenvalue weighted by atomic mass is 9.66. The van der Waals surface area contributed by atoms with Gasteiger partial charge in [-0.1, -0.05) is 48.9 Å². The molecule has 0 saturated carbocycles. The van der Waals surface area contributed by atoms with Gasteiger partial charge < -0.3 is 14.8 Å². The van der Waals surface area contributed by atoms with Gasteiger partial charge in [-0.25, -0.2) is 0 Å². The Balaban J connectivity index is 1.68. The molecule has 1 aliphatic heterocycles. The molecule has 2 aromatic rings. The minimum absolute atomic E-state index is 0.0287. The number of methoxy groups -OCH3 is 1. The van der Waals surface area contributed by atoms with E-state index >= 15 is 0 Å². The molecule has 1 heterocycles. The van der Waals surface area contributed by atoms with Crippen LogP contribution < -0.4 is 10.1 Å². The van der Waals surface area contributed by atoms with Crippen molar-refractivity contribution in [2.75, 3.05) is 20.3 Å². The number of benzene rings is 2. The van der Waals surface area contributed by atoms with E-state index in [2.05, 4.69) is 62.5 Å². The summed E-state index contributed by atoms with van der Waals surface area (Å²) in [5.41, 5.74) is 4.23. The van der Waals surface area contributed by atoms with Gasteiger partial charge >= 0.3 is 0 Å². The summed E-state index contributed by atoms with van der Waals surface area (Å²) >= 11 is 0. The Morgan fingerprint density at radius 3 is 2.43 bits per heavy atom. The predicted octanol–water partition coefficient (Wildman–Crippen LogP) is 5.40. The van der Waals surface area contributed by atoms with Crippen molar-refractivity contribution in [1.82, 2.24) is 5.32 Å². The van der Waals surface area contributed by atoms with Crippen LogP contribution >= 0.6 is 0 Å². The minimum atomic E-state index is -0.0287. The maximum atomic E-state index is 6.18. The summed E-state index contributed by atoms with van der Waals surface area (Å²) in [4.78, 5) is 0. The van der Waals surface area contributed by atoms with Crippen LogP contribution in [0.5, 0.6) is 5.75 Å². The highest BCUT2D eigenvalue weighted by Crippen LogP contribution is 2.45. The smallest absolute Gasteiger partial charge is 0.118 e. The van der Waals surface area contributed by atoms with Gasteiger partial charge in [0, 0.05) is 18.6 Å². The summed E-state index contributed by atoms with van der Waals surface area (Å²) in [7, 11) is 1.70. The Morgan fingerprint density at radius 2 is 1.79 bits per heavy atom. The first-order valence-electron chi connectivity index (χ1n) is 10.5. The first-order chi connectivity index (χ1) is 13.5. The van der Waals surface area contributed by atoms with Gasteiger partial charge in [-0.3, -0.25) is 0 Å². The molecule has 0 radical (unpaired) electrons. The lowest BCUT2D eigenvalue weighted by molar-refractivity contribution is -0.0979. The Kier molecular flexibility index (Phi) is 6.79. The number of aryl methyl sites for hydroxylation is 1. The zero-order chi connectivity index (χ0) is 20.0. The maximum absolute atomic E-state index is 6.18. The van der Waals surface area contributed by atoms with E-state index < -0.39 is 0 Å². The minimum Gasteiger partial charge on any atom is -0.497 e. The highest BCUT2D eigenvalue weighted by molar-refractivity contribution is 5.30. The number of nitrogens with one attached hydrogen (secondary N) is 1. The molecule has 28 heavy (non-hydrogen) atoms. The Morgan fingerprint density at radius 1 is 1.07 bits per heavy atom. The molecule has 3 heteroatoms. The van der Waals surface area contributed by atoms with Crippen molar-refractivity contribution in [3.8, 4) is 5.75 Å². The number of rotatable bonds is 8. The molecule has 152 valence electrons. The first kappa shape index (κ1) is 20.9. The van der Waals surface area contributed by atoms with Gasteiger partial charge in [0.2, 0.25) is 0 Å². The van der Waals surface area contributed by atoms with Crippen molar-refractivity contribution in [2.24, 2.45) is 0 Å². The first-order valence-corrected chi connectivity index (χ1v) is 10.5. The summed E-state index contributed by atoms with van der Waals surface area (Å²) in [5, 5.41) is 3.66. The zero-order valence-electron chi connectivity index (χ0n) is 17.9. The van der Waals surface area contributed by atoms with Gasteiger partial charge in [0.15, 0.2) is 0 Å². The highest BCUT2D eigenvalue weighted by Gasteiger charge is 2.43. The van der Waals surface area contributed by atoms with Crippen molar-refractivity contribution in [2.45, 2.75) is 64.0 Å². The van der Waals surface area contributed by atoms with Crippen LogP contribution in [0.3, 0.4) is 0 Å². The van der Waals surface area contributed by atoms with Crippen LogP contribution in [0.4, 0.5) is 0 Å². The second kappa shape index (κ2) is 9.11. The van der Waals surface area contributed by atoms with E-state index in [9.17, 15) is 0 Å². The third-order valence-electron chi connectivity index (χ3n) is 6.42. The van der Waals surface area contributed by atoms with Crippen LogP contribution in [0.1, 0.15) is 56.2 Å². The number of hydrogen-bond acceptors (Lipinski definition) is 3. The largest absolute Gasteiger partial charge is 0.497 e. The van der Waals surface area contributed by atoms with E-state index in [4.69, 9.17) is 9.47 Å². The molecule has 2 aromatic carbocycles. The topological polar surface area (TPSA) is 30.5 Å². The molecule has 0 bridgehead atoms.